The fourth-order valence-corrected chi connectivity index (χ4v) is 5.61. The van der Waals surface area contributed by atoms with Crippen LogP contribution in [0.4, 0.5) is 0 Å². The Bertz CT molecular complexity index is 571. The highest BCUT2D eigenvalue weighted by Crippen LogP contribution is 2.29. The number of aliphatic hydroxyl groups is 1. The van der Waals surface area contributed by atoms with Crippen LogP contribution >= 0.6 is 11.8 Å². The summed E-state index contributed by atoms with van der Waals surface area (Å²) < 4.78 is 24.6. The number of aromatic nitrogens is 4. The monoisotopic (exact) mass is 319 g/mol. The van der Waals surface area contributed by atoms with Crippen LogP contribution in [0.3, 0.4) is 0 Å². The van der Waals surface area contributed by atoms with E-state index in [2.05, 4.69) is 20.8 Å². The zero-order valence-electron chi connectivity index (χ0n) is 10.8. The van der Waals surface area contributed by atoms with E-state index in [1.807, 2.05) is 0 Å². The van der Waals surface area contributed by atoms with E-state index >= 15 is 0 Å². The Morgan fingerprint density at radius 1 is 1.40 bits per heavy atom. The zero-order chi connectivity index (χ0) is 14.2. The molecular weight excluding hydrogens is 302 g/mol. The number of hydrogen-bond acceptors (Lipinski definition) is 8. The van der Waals surface area contributed by atoms with Crippen LogP contribution in [0.1, 0.15) is 12.8 Å². The number of nitrogens with one attached hydrogen (secondary N) is 1. The first kappa shape index (κ1) is 14.2. The average Bonchev–Trinajstić information content (AvgIpc) is 3.01. The highest BCUT2D eigenvalue weighted by atomic mass is 32.2. The fourth-order valence-electron chi connectivity index (χ4n) is 2.13. The van der Waals surface area contributed by atoms with E-state index in [1.165, 1.54) is 24.6 Å². The van der Waals surface area contributed by atoms with Crippen LogP contribution < -0.4 is 5.32 Å². The summed E-state index contributed by atoms with van der Waals surface area (Å²) in [4.78, 5) is 0. The number of nitrogens with zero attached hydrogens (tertiary/aromatic N) is 4. The van der Waals surface area contributed by atoms with Gasteiger partial charge in [-0.2, -0.15) is 0 Å². The van der Waals surface area contributed by atoms with E-state index in [4.69, 9.17) is 0 Å². The van der Waals surface area contributed by atoms with Gasteiger partial charge in [0.15, 0.2) is 9.84 Å². The molecule has 2 fully saturated rings. The van der Waals surface area contributed by atoms with Gasteiger partial charge >= 0.3 is 0 Å². The van der Waals surface area contributed by atoms with Crippen LogP contribution in [0, 0.1) is 0 Å². The molecule has 0 radical (unpaired) electrons. The summed E-state index contributed by atoms with van der Waals surface area (Å²) in [5, 5.41) is 24.7. The number of tetrazole rings is 1. The second kappa shape index (κ2) is 5.58. The third-order valence-corrected chi connectivity index (χ3v) is 6.58. The molecule has 1 aliphatic heterocycles. The number of aliphatic hydroxyl groups excluding tert-OH is 1. The largest absolute Gasteiger partial charge is 0.391 e. The van der Waals surface area contributed by atoms with Crippen molar-refractivity contribution in [2.75, 3.05) is 18.1 Å². The maximum absolute atomic E-state index is 11.5. The Hall–Kier alpha value is -0.710. The topological polar surface area (TPSA) is 110 Å². The first-order chi connectivity index (χ1) is 9.53. The van der Waals surface area contributed by atoms with Gasteiger partial charge < -0.3 is 10.4 Å². The lowest BCUT2D eigenvalue weighted by Crippen LogP contribution is -2.24. The molecular formula is C10H17N5O3S2. The molecule has 1 aromatic heterocycles. The predicted molar refractivity (Wildman–Crippen MR) is 73.1 cm³/mol. The Kier molecular flexibility index (Phi) is 3.98. The second-order valence-corrected chi connectivity index (χ2v) is 8.57. The molecule has 2 N–H and O–H groups in total. The van der Waals surface area contributed by atoms with Crippen LogP contribution in [0.15, 0.2) is 5.16 Å². The van der Waals surface area contributed by atoms with Gasteiger partial charge in [0.05, 0.1) is 29.4 Å². The lowest BCUT2D eigenvalue weighted by atomic mass is 10.3. The van der Waals surface area contributed by atoms with Crippen molar-refractivity contribution in [2.24, 2.45) is 0 Å². The second-order valence-electron chi connectivity index (χ2n) is 5.21. The molecule has 2 aliphatic rings. The maximum Gasteiger partial charge on any atom is 0.209 e. The smallest absolute Gasteiger partial charge is 0.209 e. The minimum Gasteiger partial charge on any atom is -0.391 e. The lowest BCUT2D eigenvalue weighted by molar-refractivity contribution is 0.207. The van der Waals surface area contributed by atoms with Crippen molar-refractivity contribution in [3.05, 3.63) is 0 Å². The summed E-state index contributed by atoms with van der Waals surface area (Å²) >= 11 is 1.24. The van der Waals surface area contributed by atoms with Crippen molar-refractivity contribution in [1.29, 1.82) is 0 Å². The highest BCUT2D eigenvalue weighted by molar-refractivity contribution is 8.01. The van der Waals surface area contributed by atoms with Gasteiger partial charge in [0, 0.05) is 12.6 Å². The predicted octanol–water partition coefficient (Wildman–Crippen LogP) is -1.32. The summed E-state index contributed by atoms with van der Waals surface area (Å²) in [7, 11) is -3.14. The SMILES string of the molecule is O=S1(=O)CC(O)C(Sc2nnnn2CCNC2CC2)C1. The Morgan fingerprint density at radius 3 is 2.85 bits per heavy atom. The molecule has 0 spiro atoms. The van der Waals surface area contributed by atoms with E-state index in [-0.39, 0.29) is 16.8 Å². The number of rotatable bonds is 6. The summed E-state index contributed by atoms with van der Waals surface area (Å²) in [6.45, 7) is 1.43. The summed E-state index contributed by atoms with van der Waals surface area (Å²) in [6.07, 6.45) is 1.60. The molecule has 112 valence electrons. The zero-order valence-corrected chi connectivity index (χ0v) is 12.5. The Balaban J connectivity index is 1.58. The molecule has 8 nitrogen and oxygen atoms in total. The average molecular weight is 319 g/mol. The van der Waals surface area contributed by atoms with E-state index in [9.17, 15) is 13.5 Å². The van der Waals surface area contributed by atoms with Crippen molar-refractivity contribution >= 4 is 21.6 Å². The van der Waals surface area contributed by atoms with Gasteiger partial charge in [0.1, 0.15) is 0 Å². The number of thioether (sulfide) groups is 1. The van der Waals surface area contributed by atoms with Crippen LogP contribution in [-0.4, -0.2) is 69.2 Å². The van der Waals surface area contributed by atoms with Crippen LogP contribution in [0.5, 0.6) is 0 Å². The quantitative estimate of drug-likeness (QED) is 0.664. The van der Waals surface area contributed by atoms with Crippen LogP contribution in [-0.2, 0) is 16.4 Å². The van der Waals surface area contributed by atoms with Crippen molar-refractivity contribution < 1.29 is 13.5 Å². The highest BCUT2D eigenvalue weighted by Gasteiger charge is 2.38. The van der Waals surface area contributed by atoms with Gasteiger partial charge in [-0.25, -0.2) is 13.1 Å². The molecule has 1 saturated heterocycles. The molecule has 0 bridgehead atoms. The van der Waals surface area contributed by atoms with Crippen molar-refractivity contribution in [2.45, 2.75) is 41.9 Å². The standard InChI is InChI=1S/C10H17N5O3S2/c16-8-5-20(17,18)6-9(8)19-10-12-13-14-15(10)4-3-11-7-1-2-7/h7-9,11,16H,1-6H2. The van der Waals surface area contributed by atoms with Gasteiger partial charge in [0.2, 0.25) is 5.16 Å². The molecule has 2 heterocycles. The minimum absolute atomic E-state index is 0.0218. The summed E-state index contributed by atoms with van der Waals surface area (Å²) in [5.41, 5.74) is 0. The molecule has 0 aromatic carbocycles. The molecule has 1 saturated carbocycles. The maximum atomic E-state index is 11.5. The lowest BCUT2D eigenvalue weighted by Gasteiger charge is -2.11. The third-order valence-electron chi connectivity index (χ3n) is 3.36. The third kappa shape index (κ3) is 3.48. The molecule has 0 amide bonds. The first-order valence-electron chi connectivity index (χ1n) is 6.58. The van der Waals surface area contributed by atoms with Crippen LogP contribution in [0.25, 0.3) is 0 Å². The van der Waals surface area contributed by atoms with Crippen molar-refractivity contribution in [1.82, 2.24) is 25.5 Å². The molecule has 1 aromatic rings. The number of sulfone groups is 1. The number of hydrogen-bond donors (Lipinski definition) is 2. The van der Waals surface area contributed by atoms with Crippen molar-refractivity contribution in [3.8, 4) is 0 Å². The fraction of sp³-hybridized carbons (Fsp3) is 0.900. The molecule has 2 atom stereocenters. The van der Waals surface area contributed by atoms with Gasteiger partial charge in [0.25, 0.3) is 0 Å². The van der Waals surface area contributed by atoms with E-state index in [0.717, 1.165) is 6.54 Å². The van der Waals surface area contributed by atoms with Gasteiger partial charge in [-0.15, -0.1) is 5.10 Å². The van der Waals surface area contributed by atoms with Gasteiger partial charge in [-0.05, 0) is 23.3 Å². The molecule has 3 rings (SSSR count). The van der Waals surface area contributed by atoms with E-state index < -0.39 is 15.9 Å². The van der Waals surface area contributed by atoms with E-state index in [1.54, 1.807) is 4.68 Å². The molecule has 20 heavy (non-hydrogen) atoms. The van der Waals surface area contributed by atoms with E-state index in [0.29, 0.717) is 17.7 Å². The van der Waals surface area contributed by atoms with Gasteiger partial charge in [-0.3, -0.25) is 0 Å². The molecule has 2 unspecified atom stereocenters. The summed E-state index contributed by atoms with van der Waals surface area (Å²) in [5.74, 6) is -0.193. The molecule has 10 heteroatoms. The minimum atomic E-state index is -3.14. The normalized spacial score (nSPS) is 28.9. The Morgan fingerprint density at radius 2 is 2.20 bits per heavy atom. The first-order valence-corrected chi connectivity index (χ1v) is 9.28. The molecule has 1 aliphatic carbocycles. The van der Waals surface area contributed by atoms with Crippen LogP contribution in [0.2, 0.25) is 0 Å². The summed E-state index contributed by atoms with van der Waals surface area (Å²) in [6, 6.07) is 0.629. The van der Waals surface area contributed by atoms with Crippen molar-refractivity contribution in [3.63, 3.8) is 0 Å². The van der Waals surface area contributed by atoms with Gasteiger partial charge in [-0.1, -0.05) is 11.8 Å². The Labute approximate surface area is 121 Å².